The molecular formula is C25H24N4O2. The predicted molar refractivity (Wildman–Crippen MR) is 121 cm³/mol. The van der Waals surface area contributed by atoms with E-state index in [1.54, 1.807) is 19.4 Å². The van der Waals surface area contributed by atoms with Gasteiger partial charge in [-0.2, -0.15) is 0 Å². The van der Waals surface area contributed by atoms with Crippen LogP contribution in [0.25, 0.3) is 33.5 Å². The average molecular weight is 412 g/mol. The number of carbonyl (C=O) groups is 1. The maximum atomic E-state index is 13.0. The van der Waals surface area contributed by atoms with Crippen molar-refractivity contribution >= 4 is 16.9 Å². The Hall–Kier alpha value is -3.51. The number of amides is 1. The molecule has 6 nitrogen and oxygen atoms in total. The number of ether oxygens (including phenoxy) is 1. The van der Waals surface area contributed by atoms with Crippen LogP contribution in [0.2, 0.25) is 0 Å². The van der Waals surface area contributed by atoms with E-state index in [0.29, 0.717) is 18.8 Å². The van der Waals surface area contributed by atoms with Crippen LogP contribution in [0.4, 0.5) is 0 Å². The van der Waals surface area contributed by atoms with E-state index in [1.165, 1.54) is 0 Å². The van der Waals surface area contributed by atoms with Crippen LogP contribution < -0.4 is 0 Å². The van der Waals surface area contributed by atoms with Crippen LogP contribution in [-0.2, 0) is 4.74 Å². The molecule has 1 N–H and O–H groups in total. The van der Waals surface area contributed by atoms with Crippen molar-refractivity contribution in [1.29, 1.82) is 0 Å². The summed E-state index contributed by atoms with van der Waals surface area (Å²) in [6.07, 6.45) is 3.76. The Kier molecular flexibility index (Phi) is 5.22. The normalized spacial score (nSPS) is 14.8. The maximum absolute atomic E-state index is 13.0. The van der Waals surface area contributed by atoms with Crippen molar-refractivity contribution in [3.05, 3.63) is 72.6 Å². The number of methoxy groups -OCH3 is 1. The highest BCUT2D eigenvalue weighted by atomic mass is 16.5. The molecule has 1 saturated heterocycles. The number of piperidine rings is 1. The summed E-state index contributed by atoms with van der Waals surface area (Å²) in [6.45, 7) is 1.39. The standard InChI is InChI=1S/C25H24N4O2/c1-31-20-10-12-29(13-11-20)25(30)22-9-5-8-21(27-22)19-14-18-15-23(28-24(18)26-16-19)17-6-3-2-4-7-17/h2-9,14-16,20H,10-13H2,1H3,(H,26,28). The van der Waals surface area contributed by atoms with Gasteiger partial charge in [0.15, 0.2) is 0 Å². The minimum Gasteiger partial charge on any atom is -0.381 e. The van der Waals surface area contributed by atoms with Gasteiger partial charge >= 0.3 is 0 Å². The van der Waals surface area contributed by atoms with Gasteiger partial charge in [0.1, 0.15) is 11.3 Å². The Bertz CT molecular complexity index is 1210. The number of fused-ring (bicyclic) bond motifs is 1. The Morgan fingerprint density at radius 2 is 1.84 bits per heavy atom. The molecule has 4 aromatic rings. The van der Waals surface area contributed by atoms with Crippen LogP contribution in [0, 0.1) is 0 Å². The Balaban J connectivity index is 1.41. The van der Waals surface area contributed by atoms with Gasteiger partial charge in [0.25, 0.3) is 5.91 Å². The zero-order valence-corrected chi connectivity index (χ0v) is 17.4. The first kappa shape index (κ1) is 19.5. The molecule has 3 aromatic heterocycles. The van der Waals surface area contributed by atoms with E-state index >= 15 is 0 Å². The van der Waals surface area contributed by atoms with Gasteiger partial charge in [-0.15, -0.1) is 0 Å². The molecule has 0 radical (unpaired) electrons. The van der Waals surface area contributed by atoms with E-state index in [9.17, 15) is 4.79 Å². The minimum atomic E-state index is -0.0292. The van der Waals surface area contributed by atoms with Gasteiger partial charge in [-0.25, -0.2) is 9.97 Å². The molecule has 6 heteroatoms. The Labute approximate surface area is 180 Å². The molecule has 5 rings (SSSR count). The van der Waals surface area contributed by atoms with Crippen molar-refractivity contribution in [2.24, 2.45) is 0 Å². The SMILES string of the molecule is COC1CCN(C(=O)c2cccc(-c3cnc4[nH]c(-c5ccccc5)cc4c3)n2)CC1. The topological polar surface area (TPSA) is 71.1 Å². The van der Waals surface area contributed by atoms with Gasteiger partial charge in [-0.05, 0) is 42.7 Å². The van der Waals surface area contributed by atoms with Crippen molar-refractivity contribution in [2.45, 2.75) is 18.9 Å². The highest BCUT2D eigenvalue weighted by Gasteiger charge is 2.24. The fourth-order valence-corrected chi connectivity index (χ4v) is 4.10. The summed E-state index contributed by atoms with van der Waals surface area (Å²) in [5.74, 6) is -0.0292. The molecule has 0 unspecified atom stereocenters. The molecule has 1 aliphatic rings. The van der Waals surface area contributed by atoms with E-state index in [0.717, 1.165) is 46.4 Å². The van der Waals surface area contributed by atoms with Crippen molar-refractivity contribution in [3.8, 4) is 22.5 Å². The zero-order chi connectivity index (χ0) is 21.2. The molecule has 1 aliphatic heterocycles. The number of likely N-dealkylation sites (tertiary alicyclic amines) is 1. The lowest BCUT2D eigenvalue weighted by molar-refractivity contribution is 0.0348. The minimum absolute atomic E-state index is 0.0292. The first-order valence-corrected chi connectivity index (χ1v) is 10.5. The molecule has 4 heterocycles. The number of benzene rings is 1. The molecule has 31 heavy (non-hydrogen) atoms. The summed E-state index contributed by atoms with van der Waals surface area (Å²) in [5, 5.41) is 1.01. The number of hydrogen-bond acceptors (Lipinski definition) is 4. The smallest absolute Gasteiger partial charge is 0.272 e. The number of pyridine rings is 2. The Morgan fingerprint density at radius 3 is 2.61 bits per heavy atom. The maximum Gasteiger partial charge on any atom is 0.272 e. The number of aromatic nitrogens is 3. The van der Waals surface area contributed by atoms with Crippen molar-refractivity contribution in [3.63, 3.8) is 0 Å². The number of rotatable bonds is 4. The van der Waals surface area contributed by atoms with E-state index in [2.05, 4.69) is 39.2 Å². The lowest BCUT2D eigenvalue weighted by Gasteiger charge is -2.31. The third kappa shape index (κ3) is 3.94. The highest BCUT2D eigenvalue weighted by molar-refractivity contribution is 5.93. The number of nitrogens with zero attached hydrogens (tertiary/aromatic N) is 3. The first-order valence-electron chi connectivity index (χ1n) is 10.5. The molecule has 1 aromatic carbocycles. The van der Waals surface area contributed by atoms with Crippen LogP contribution >= 0.6 is 0 Å². The second-order valence-electron chi connectivity index (χ2n) is 7.85. The summed E-state index contributed by atoms with van der Waals surface area (Å²) >= 11 is 0. The molecular weight excluding hydrogens is 388 g/mol. The summed E-state index contributed by atoms with van der Waals surface area (Å²) in [4.78, 5) is 27.4. The van der Waals surface area contributed by atoms with Gasteiger partial charge in [0.05, 0.1) is 11.8 Å². The predicted octanol–water partition coefficient (Wildman–Crippen LogP) is 4.54. The van der Waals surface area contributed by atoms with Gasteiger partial charge in [-0.3, -0.25) is 4.79 Å². The van der Waals surface area contributed by atoms with Crippen LogP contribution in [0.5, 0.6) is 0 Å². The van der Waals surface area contributed by atoms with E-state index in [1.807, 2.05) is 35.2 Å². The first-order chi connectivity index (χ1) is 15.2. The average Bonchev–Trinajstić information content (AvgIpc) is 3.28. The monoisotopic (exact) mass is 412 g/mol. The third-order valence-corrected chi connectivity index (χ3v) is 5.88. The number of nitrogens with one attached hydrogen (secondary N) is 1. The highest BCUT2D eigenvalue weighted by Crippen LogP contribution is 2.26. The van der Waals surface area contributed by atoms with E-state index < -0.39 is 0 Å². The molecule has 0 aliphatic carbocycles. The zero-order valence-electron chi connectivity index (χ0n) is 17.4. The van der Waals surface area contributed by atoms with Gasteiger partial charge < -0.3 is 14.6 Å². The fraction of sp³-hybridized carbons (Fsp3) is 0.240. The quantitative estimate of drug-likeness (QED) is 0.534. The molecule has 0 bridgehead atoms. The summed E-state index contributed by atoms with van der Waals surface area (Å²) in [7, 11) is 1.73. The number of carbonyl (C=O) groups excluding carboxylic acids is 1. The van der Waals surface area contributed by atoms with Crippen molar-refractivity contribution in [2.75, 3.05) is 20.2 Å². The number of hydrogen-bond donors (Lipinski definition) is 1. The summed E-state index contributed by atoms with van der Waals surface area (Å²) in [6, 6.07) is 19.9. The van der Waals surface area contributed by atoms with Crippen LogP contribution in [0.3, 0.4) is 0 Å². The molecule has 0 saturated carbocycles. The second kappa shape index (κ2) is 8.32. The lowest BCUT2D eigenvalue weighted by atomic mass is 10.1. The van der Waals surface area contributed by atoms with Gasteiger partial charge in [-0.1, -0.05) is 36.4 Å². The van der Waals surface area contributed by atoms with E-state index in [-0.39, 0.29) is 12.0 Å². The fourth-order valence-electron chi connectivity index (χ4n) is 4.10. The van der Waals surface area contributed by atoms with Crippen LogP contribution in [0.15, 0.2) is 66.9 Å². The Morgan fingerprint density at radius 1 is 1.03 bits per heavy atom. The van der Waals surface area contributed by atoms with Crippen molar-refractivity contribution in [1.82, 2.24) is 19.9 Å². The lowest BCUT2D eigenvalue weighted by Crippen LogP contribution is -2.40. The molecule has 0 spiro atoms. The molecule has 1 amide bonds. The van der Waals surface area contributed by atoms with Crippen LogP contribution in [-0.4, -0.2) is 52.1 Å². The number of aromatic amines is 1. The summed E-state index contributed by atoms with van der Waals surface area (Å²) < 4.78 is 5.40. The van der Waals surface area contributed by atoms with Crippen LogP contribution in [0.1, 0.15) is 23.3 Å². The molecule has 0 atom stereocenters. The molecule has 156 valence electrons. The van der Waals surface area contributed by atoms with Gasteiger partial charge in [0, 0.05) is 43.0 Å². The third-order valence-electron chi connectivity index (χ3n) is 5.88. The van der Waals surface area contributed by atoms with E-state index in [4.69, 9.17) is 4.74 Å². The largest absolute Gasteiger partial charge is 0.381 e. The summed E-state index contributed by atoms with van der Waals surface area (Å²) in [5.41, 5.74) is 5.07. The number of H-pyrrole nitrogens is 1. The second-order valence-corrected chi connectivity index (χ2v) is 7.85. The van der Waals surface area contributed by atoms with Crippen molar-refractivity contribution < 1.29 is 9.53 Å². The van der Waals surface area contributed by atoms with Gasteiger partial charge in [0.2, 0.25) is 0 Å². The molecule has 1 fully saturated rings.